The third kappa shape index (κ3) is 6.01. The van der Waals surface area contributed by atoms with E-state index < -0.39 is 0 Å². The number of aliphatic imine (C=N–C) groups is 1. The number of methoxy groups -OCH3 is 1. The Kier molecular flexibility index (Phi) is 7.50. The Bertz CT molecular complexity index is 569. The first kappa shape index (κ1) is 20.7. The second kappa shape index (κ2) is 9.40. The molecule has 1 heterocycles. The molecule has 1 aliphatic rings. The number of nitrogens with one attached hydrogen (secondary N) is 2. The molecule has 0 aromatic carbocycles. The third-order valence-corrected chi connectivity index (χ3v) is 5.14. The summed E-state index contributed by atoms with van der Waals surface area (Å²) in [5.74, 6) is 2.37. The number of nitrogens with zero attached hydrogens (tertiary/aromatic N) is 2. The van der Waals surface area contributed by atoms with Gasteiger partial charge in [-0.15, -0.1) is 0 Å². The molecule has 148 valence electrons. The third-order valence-electron chi connectivity index (χ3n) is 5.14. The Morgan fingerprint density at radius 1 is 1.31 bits per heavy atom. The van der Waals surface area contributed by atoms with Gasteiger partial charge in [-0.3, -0.25) is 0 Å². The molecule has 0 radical (unpaired) electrons. The van der Waals surface area contributed by atoms with Crippen molar-refractivity contribution < 1.29 is 9.15 Å². The molecule has 6 nitrogen and oxygen atoms in total. The second-order valence-electron chi connectivity index (χ2n) is 8.37. The molecule has 0 bridgehead atoms. The molecule has 26 heavy (non-hydrogen) atoms. The van der Waals surface area contributed by atoms with Crippen molar-refractivity contribution in [3.63, 3.8) is 0 Å². The van der Waals surface area contributed by atoms with Crippen molar-refractivity contribution in [3.05, 3.63) is 17.8 Å². The van der Waals surface area contributed by atoms with Gasteiger partial charge >= 0.3 is 0 Å². The number of hydrogen-bond donors (Lipinski definition) is 2. The summed E-state index contributed by atoms with van der Waals surface area (Å²) in [4.78, 5) is 9.02. The number of aromatic nitrogens is 1. The van der Waals surface area contributed by atoms with E-state index in [-0.39, 0.29) is 5.41 Å². The number of oxazole rings is 1. The normalized spacial score (nSPS) is 17.5. The molecule has 0 aliphatic heterocycles. The van der Waals surface area contributed by atoms with Crippen molar-refractivity contribution in [1.82, 2.24) is 15.6 Å². The molecule has 0 amide bonds. The minimum Gasteiger partial charge on any atom is -0.443 e. The maximum absolute atomic E-state index is 5.84. The average Bonchev–Trinajstić information content (AvgIpc) is 3.25. The minimum absolute atomic E-state index is 0.0338. The van der Waals surface area contributed by atoms with E-state index in [1.54, 1.807) is 7.11 Å². The molecule has 6 heteroatoms. The Labute approximate surface area is 158 Å². The van der Waals surface area contributed by atoms with E-state index >= 15 is 0 Å². The lowest BCUT2D eigenvalue weighted by Crippen LogP contribution is -2.43. The fourth-order valence-electron chi connectivity index (χ4n) is 3.45. The summed E-state index contributed by atoms with van der Waals surface area (Å²) in [5, 5.41) is 6.86. The lowest BCUT2D eigenvalue weighted by molar-refractivity contribution is 0.138. The Morgan fingerprint density at radius 2 is 2.04 bits per heavy atom. The second-order valence-corrected chi connectivity index (χ2v) is 8.37. The van der Waals surface area contributed by atoms with Crippen molar-refractivity contribution in [1.29, 1.82) is 0 Å². The van der Waals surface area contributed by atoms with E-state index in [2.05, 4.69) is 48.3 Å². The first-order chi connectivity index (χ1) is 12.4. The molecule has 1 aliphatic carbocycles. The van der Waals surface area contributed by atoms with Gasteiger partial charge in [0.05, 0.1) is 6.20 Å². The molecule has 1 aromatic heterocycles. The Morgan fingerprint density at radius 3 is 2.62 bits per heavy atom. The van der Waals surface area contributed by atoms with E-state index in [1.165, 1.54) is 25.7 Å². The highest BCUT2D eigenvalue weighted by Crippen LogP contribution is 2.40. The van der Waals surface area contributed by atoms with Crippen LogP contribution in [0.3, 0.4) is 0 Å². The van der Waals surface area contributed by atoms with Gasteiger partial charge in [0.25, 0.3) is 0 Å². The molecule has 2 N–H and O–H groups in total. The van der Waals surface area contributed by atoms with E-state index in [0.29, 0.717) is 17.9 Å². The van der Waals surface area contributed by atoms with Crippen LogP contribution in [-0.2, 0) is 16.7 Å². The standard InChI is InChI=1S/C20H36N4O2/c1-6-21-18(23-14-17-22-13-16(26-17)19(2,3)4)24-15-20(11-12-25-5)9-7-8-10-20/h13H,6-12,14-15H2,1-5H3,(H2,21,23,24). The Balaban J connectivity index is 1.96. The molecule has 1 aromatic rings. The van der Waals surface area contributed by atoms with Gasteiger partial charge in [0.1, 0.15) is 12.3 Å². The Hall–Kier alpha value is -1.56. The van der Waals surface area contributed by atoms with Crippen LogP contribution in [0.1, 0.15) is 71.5 Å². The molecular weight excluding hydrogens is 328 g/mol. The van der Waals surface area contributed by atoms with Gasteiger partial charge in [-0.05, 0) is 31.6 Å². The van der Waals surface area contributed by atoms with Crippen LogP contribution in [-0.4, -0.2) is 37.7 Å². The summed E-state index contributed by atoms with van der Waals surface area (Å²) in [6.07, 6.45) is 8.05. The van der Waals surface area contributed by atoms with E-state index in [0.717, 1.165) is 37.8 Å². The summed E-state index contributed by atoms with van der Waals surface area (Å²) in [6.45, 7) is 11.5. The van der Waals surface area contributed by atoms with Gasteiger partial charge in [0, 0.05) is 32.2 Å². The van der Waals surface area contributed by atoms with Crippen LogP contribution in [0.4, 0.5) is 0 Å². The van der Waals surface area contributed by atoms with Crippen molar-refractivity contribution in [3.8, 4) is 0 Å². The van der Waals surface area contributed by atoms with Gasteiger partial charge in [0.15, 0.2) is 5.96 Å². The summed E-state index contributed by atoms with van der Waals surface area (Å²) in [6, 6.07) is 0. The van der Waals surface area contributed by atoms with E-state index in [4.69, 9.17) is 9.15 Å². The smallest absolute Gasteiger partial charge is 0.216 e. The quantitative estimate of drug-likeness (QED) is 0.544. The monoisotopic (exact) mass is 364 g/mol. The number of hydrogen-bond acceptors (Lipinski definition) is 4. The van der Waals surface area contributed by atoms with Crippen LogP contribution in [0.15, 0.2) is 15.6 Å². The van der Waals surface area contributed by atoms with Crippen LogP contribution in [0.25, 0.3) is 0 Å². The minimum atomic E-state index is -0.0338. The van der Waals surface area contributed by atoms with Crippen molar-refractivity contribution in [2.75, 3.05) is 26.8 Å². The van der Waals surface area contributed by atoms with Crippen molar-refractivity contribution >= 4 is 5.96 Å². The maximum atomic E-state index is 5.84. The highest BCUT2D eigenvalue weighted by atomic mass is 16.5. The predicted octanol–water partition coefficient (Wildman–Crippen LogP) is 3.62. The van der Waals surface area contributed by atoms with Crippen LogP contribution in [0, 0.1) is 5.41 Å². The van der Waals surface area contributed by atoms with Crippen LogP contribution < -0.4 is 10.6 Å². The molecule has 0 spiro atoms. The van der Waals surface area contributed by atoms with Gasteiger partial charge in [-0.25, -0.2) is 9.98 Å². The number of guanidine groups is 1. The van der Waals surface area contributed by atoms with Crippen molar-refractivity contribution in [2.45, 2.75) is 71.8 Å². The van der Waals surface area contributed by atoms with Crippen LogP contribution >= 0.6 is 0 Å². The predicted molar refractivity (Wildman–Crippen MR) is 105 cm³/mol. The van der Waals surface area contributed by atoms with E-state index in [9.17, 15) is 0 Å². The first-order valence-electron chi connectivity index (χ1n) is 9.85. The molecule has 2 rings (SSSR count). The van der Waals surface area contributed by atoms with Crippen LogP contribution in [0.2, 0.25) is 0 Å². The largest absolute Gasteiger partial charge is 0.443 e. The fourth-order valence-corrected chi connectivity index (χ4v) is 3.45. The lowest BCUT2D eigenvalue weighted by atomic mass is 9.83. The molecular formula is C20H36N4O2. The summed E-state index contributed by atoms with van der Waals surface area (Å²) >= 11 is 0. The molecule has 0 saturated heterocycles. The molecule has 1 saturated carbocycles. The molecule has 1 fully saturated rings. The maximum Gasteiger partial charge on any atom is 0.216 e. The van der Waals surface area contributed by atoms with Crippen molar-refractivity contribution in [2.24, 2.45) is 10.4 Å². The van der Waals surface area contributed by atoms with Gasteiger partial charge in [-0.2, -0.15) is 0 Å². The van der Waals surface area contributed by atoms with E-state index in [1.807, 2.05) is 6.20 Å². The number of rotatable bonds is 8. The zero-order chi connectivity index (χ0) is 19.0. The summed E-state index contributed by atoms with van der Waals surface area (Å²) in [5.41, 5.74) is 0.294. The highest BCUT2D eigenvalue weighted by Gasteiger charge is 2.33. The van der Waals surface area contributed by atoms with Gasteiger partial charge in [-0.1, -0.05) is 33.6 Å². The zero-order valence-electron chi connectivity index (χ0n) is 17.2. The number of ether oxygens (including phenoxy) is 1. The van der Waals surface area contributed by atoms with Gasteiger partial charge < -0.3 is 19.8 Å². The highest BCUT2D eigenvalue weighted by molar-refractivity contribution is 5.79. The average molecular weight is 365 g/mol. The topological polar surface area (TPSA) is 71.7 Å². The van der Waals surface area contributed by atoms with Crippen LogP contribution in [0.5, 0.6) is 0 Å². The molecule has 0 atom stereocenters. The summed E-state index contributed by atoms with van der Waals surface area (Å²) < 4.78 is 11.2. The SMILES string of the molecule is CCNC(=NCc1ncc(C(C)(C)C)o1)NCC1(CCOC)CCCC1. The zero-order valence-corrected chi connectivity index (χ0v) is 17.2. The fraction of sp³-hybridized carbons (Fsp3) is 0.800. The summed E-state index contributed by atoms with van der Waals surface area (Å²) in [7, 11) is 1.78. The lowest BCUT2D eigenvalue weighted by Gasteiger charge is -2.29. The molecule has 0 unspecified atom stereocenters. The first-order valence-corrected chi connectivity index (χ1v) is 9.85. The van der Waals surface area contributed by atoms with Gasteiger partial charge in [0.2, 0.25) is 5.89 Å².